The van der Waals surface area contributed by atoms with Gasteiger partial charge in [0.2, 0.25) is 5.82 Å². The highest BCUT2D eigenvalue weighted by atomic mass is 35.5. The zero-order valence-electron chi connectivity index (χ0n) is 17.8. The van der Waals surface area contributed by atoms with Gasteiger partial charge in [-0.25, -0.2) is 9.97 Å². The van der Waals surface area contributed by atoms with Crippen LogP contribution in [0.3, 0.4) is 0 Å². The third-order valence-corrected chi connectivity index (χ3v) is 4.54. The molecule has 28 heavy (non-hydrogen) atoms. The minimum atomic E-state index is 0.447. The molecule has 3 heteroatoms. The van der Waals surface area contributed by atoms with Gasteiger partial charge in [0.25, 0.3) is 0 Å². The summed E-state index contributed by atoms with van der Waals surface area (Å²) in [4.78, 5) is 8.94. The highest BCUT2D eigenvalue weighted by molar-refractivity contribution is 6.32. The Kier molecular flexibility index (Phi) is 13.8. The van der Waals surface area contributed by atoms with Gasteiger partial charge in [0.15, 0.2) is 0 Å². The fourth-order valence-electron chi connectivity index (χ4n) is 2.49. The van der Waals surface area contributed by atoms with Crippen LogP contribution in [0.15, 0.2) is 0 Å². The molecule has 0 aliphatic carbocycles. The van der Waals surface area contributed by atoms with Crippen molar-refractivity contribution in [3.05, 3.63) is 22.2 Å². The number of halogens is 1. The first-order valence-electron chi connectivity index (χ1n) is 10.8. The summed E-state index contributed by atoms with van der Waals surface area (Å²) in [5.41, 5.74) is 1.09. The molecule has 0 fully saturated rings. The topological polar surface area (TPSA) is 25.8 Å². The molecule has 1 rings (SSSR count). The van der Waals surface area contributed by atoms with E-state index >= 15 is 0 Å². The molecule has 0 unspecified atom stereocenters. The summed E-state index contributed by atoms with van der Waals surface area (Å²) in [7, 11) is 0. The second kappa shape index (κ2) is 16.0. The van der Waals surface area contributed by atoms with Crippen LogP contribution in [0.1, 0.15) is 115 Å². The Morgan fingerprint density at radius 2 is 1.00 bits per heavy atom. The molecule has 0 saturated carbocycles. The monoisotopic (exact) mass is 396 g/mol. The van der Waals surface area contributed by atoms with Crippen LogP contribution in [0, 0.1) is 35.5 Å². The molecule has 0 aliphatic heterocycles. The van der Waals surface area contributed by atoms with E-state index in [1.807, 2.05) is 0 Å². The quantitative estimate of drug-likeness (QED) is 0.334. The zero-order valence-corrected chi connectivity index (χ0v) is 18.5. The van der Waals surface area contributed by atoms with Crippen LogP contribution in [0.5, 0.6) is 0 Å². The molecule has 2 nitrogen and oxygen atoms in total. The van der Waals surface area contributed by atoms with Crippen molar-refractivity contribution >= 4 is 11.6 Å². The summed E-state index contributed by atoms with van der Waals surface area (Å²) >= 11 is 6.49. The lowest BCUT2D eigenvalue weighted by Gasteiger charge is -2.00. The molecular formula is C25H33ClN2. The number of rotatable bonds is 9. The molecular weight excluding hydrogens is 364 g/mol. The van der Waals surface area contributed by atoms with E-state index in [2.05, 4.69) is 66.3 Å². The van der Waals surface area contributed by atoms with E-state index in [1.165, 1.54) is 38.5 Å². The van der Waals surface area contributed by atoms with E-state index in [9.17, 15) is 0 Å². The third kappa shape index (κ3) is 10.4. The summed E-state index contributed by atoms with van der Waals surface area (Å²) < 4.78 is 0. The molecule has 150 valence electrons. The number of aromatic nitrogens is 2. The third-order valence-electron chi connectivity index (χ3n) is 4.18. The van der Waals surface area contributed by atoms with Crippen molar-refractivity contribution < 1.29 is 0 Å². The Balaban J connectivity index is 3.00. The van der Waals surface area contributed by atoms with Crippen molar-refractivity contribution in [1.29, 1.82) is 0 Å². The predicted molar refractivity (Wildman–Crippen MR) is 120 cm³/mol. The molecule has 0 radical (unpaired) electrons. The van der Waals surface area contributed by atoms with Crippen LogP contribution in [0.25, 0.3) is 0 Å². The van der Waals surface area contributed by atoms with Gasteiger partial charge in [-0.05, 0) is 37.0 Å². The lowest BCUT2D eigenvalue weighted by Crippen LogP contribution is -1.99. The molecule has 0 amide bonds. The van der Waals surface area contributed by atoms with E-state index in [0.717, 1.165) is 38.5 Å². The predicted octanol–water partition coefficient (Wildman–Crippen LogP) is 6.93. The highest BCUT2D eigenvalue weighted by Crippen LogP contribution is 2.17. The summed E-state index contributed by atoms with van der Waals surface area (Å²) in [6, 6.07) is 0. The maximum atomic E-state index is 6.49. The van der Waals surface area contributed by atoms with Crippen LogP contribution >= 0.6 is 11.6 Å². The first kappa shape index (κ1) is 24.1. The molecule has 0 saturated heterocycles. The molecule has 0 atom stereocenters. The second-order valence-electron chi connectivity index (χ2n) is 6.84. The number of hydrogen-bond donors (Lipinski definition) is 0. The highest BCUT2D eigenvalue weighted by Gasteiger charge is 2.08. The van der Waals surface area contributed by atoms with E-state index in [4.69, 9.17) is 11.6 Å². The standard InChI is InChI=1S/C25H33ClN2/c1-4-7-10-13-16-19-22-25(26)23(20-17-14-11-8-5-2)28-24(27-22)21-18-15-12-9-6-3/h4-15H2,1-3H3. The van der Waals surface area contributed by atoms with E-state index in [0.29, 0.717) is 22.2 Å². The van der Waals surface area contributed by atoms with Crippen LogP contribution in [0.2, 0.25) is 5.02 Å². The van der Waals surface area contributed by atoms with Gasteiger partial charge in [0.05, 0.1) is 0 Å². The Hall–Kier alpha value is -1.95. The van der Waals surface area contributed by atoms with Gasteiger partial charge in [0.1, 0.15) is 16.4 Å². The van der Waals surface area contributed by atoms with Gasteiger partial charge in [0, 0.05) is 19.3 Å². The van der Waals surface area contributed by atoms with Gasteiger partial charge in [-0.2, -0.15) is 0 Å². The van der Waals surface area contributed by atoms with Crippen molar-refractivity contribution in [3.8, 4) is 35.5 Å². The van der Waals surface area contributed by atoms with Crippen LogP contribution in [-0.2, 0) is 0 Å². The van der Waals surface area contributed by atoms with Crippen molar-refractivity contribution in [2.45, 2.75) is 97.8 Å². The summed E-state index contributed by atoms with van der Waals surface area (Å²) in [6.45, 7) is 6.56. The van der Waals surface area contributed by atoms with Gasteiger partial charge >= 0.3 is 0 Å². The SMILES string of the molecule is CCCCCC#Cc1nc(C#CCCCCC)c(Cl)c(C#CCCCCC)n1. The second-order valence-corrected chi connectivity index (χ2v) is 7.21. The largest absolute Gasteiger partial charge is 0.210 e. The smallest absolute Gasteiger partial charge is 0.207 e. The molecule has 0 N–H and O–H groups in total. The normalized spacial score (nSPS) is 9.57. The van der Waals surface area contributed by atoms with Crippen molar-refractivity contribution in [1.82, 2.24) is 9.97 Å². The van der Waals surface area contributed by atoms with Gasteiger partial charge in [-0.1, -0.05) is 88.7 Å². The molecule has 1 aromatic rings. The summed E-state index contributed by atoms with van der Waals surface area (Å²) in [5.74, 6) is 19.3. The van der Waals surface area contributed by atoms with Crippen LogP contribution < -0.4 is 0 Å². The van der Waals surface area contributed by atoms with Crippen molar-refractivity contribution in [2.75, 3.05) is 0 Å². The van der Waals surface area contributed by atoms with Crippen LogP contribution in [0.4, 0.5) is 0 Å². The molecule has 0 bridgehead atoms. The zero-order chi connectivity index (χ0) is 20.5. The van der Waals surface area contributed by atoms with Gasteiger partial charge < -0.3 is 0 Å². The van der Waals surface area contributed by atoms with Crippen molar-refractivity contribution in [3.63, 3.8) is 0 Å². The summed E-state index contributed by atoms with van der Waals surface area (Å²) in [5, 5.41) is 0.447. The minimum absolute atomic E-state index is 0.447. The van der Waals surface area contributed by atoms with Crippen LogP contribution in [-0.4, -0.2) is 9.97 Å². The Morgan fingerprint density at radius 3 is 1.39 bits per heavy atom. The first-order valence-corrected chi connectivity index (χ1v) is 11.1. The molecule has 0 spiro atoms. The lowest BCUT2D eigenvalue weighted by molar-refractivity contribution is 0.737. The molecule has 1 aromatic heterocycles. The number of hydrogen-bond acceptors (Lipinski definition) is 2. The lowest BCUT2D eigenvalue weighted by atomic mass is 10.2. The maximum absolute atomic E-state index is 6.49. The van der Waals surface area contributed by atoms with Gasteiger partial charge in [-0.3, -0.25) is 0 Å². The van der Waals surface area contributed by atoms with E-state index < -0.39 is 0 Å². The Morgan fingerprint density at radius 1 is 0.607 bits per heavy atom. The van der Waals surface area contributed by atoms with E-state index in [1.54, 1.807) is 0 Å². The van der Waals surface area contributed by atoms with Gasteiger partial charge in [-0.15, -0.1) is 0 Å². The molecule has 0 aliphatic rings. The number of nitrogens with zero attached hydrogens (tertiary/aromatic N) is 2. The average molecular weight is 397 g/mol. The summed E-state index contributed by atoms with van der Waals surface area (Å²) in [6.07, 6.45) is 13.0. The molecule has 1 heterocycles. The Labute approximate surface area is 177 Å². The Bertz CT molecular complexity index is 714. The van der Waals surface area contributed by atoms with E-state index in [-0.39, 0.29) is 0 Å². The number of unbranched alkanes of at least 4 members (excludes halogenated alkanes) is 9. The fourth-order valence-corrected chi connectivity index (χ4v) is 2.67. The fraction of sp³-hybridized carbons (Fsp3) is 0.600. The van der Waals surface area contributed by atoms with Crippen molar-refractivity contribution in [2.24, 2.45) is 0 Å². The minimum Gasteiger partial charge on any atom is -0.210 e. The molecule has 0 aromatic carbocycles. The first-order chi connectivity index (χ1) is 13.7. The average Bonchev–Trinajstić information content (AvgIpc) is 2.70. The maximum Gasteiger partial charge on any atom is 0.207 e.